The number of hydrogen-bond acceptors (Lipinski definition) is 5. The van der Waals surface area contributed by atoms with E-state index in [0.717, 1.165) is 22.7 Å². The van der Waals surface area contributed by atoms with Gasteiger partial charge in [-0.3, -0.25) is 4.79 Å². The Bertz CT molecular complexity index is 816. The van der Waals surface area contributed by atoms with Crippen LogP contribution in [0.5, 0.6) is 5.75 Å². The van der Waals surface area contributed by atoms with Crippen LogP contribution in [-0.2, 0) is 0 Å². The highest BCUT2D eigenvalue weighted by Gasteiger charge is 2.18. The molecule has 22 heavy (non-hydrogen) atoms. The van der Waals surface area contributed by atoms with Gasteiger partial charge in [-0.05, 0) is 44.2 Å². The Morgan fingerprint density at radius 2 is 1.95 bits per heavy atom. The molecule has 0 saturated heterocycles. The Morgan fingerprint density at radius 1 is 1.23 bits per heavy atom. The fourth-order valence-electron chi connectivity index (χ4n) is 2.18. The third kappa shape index (κ3) is 2.50. The molecule has 3 rings (SSSR count). The average Bonchev–Trinajstić information content (AvgIpc) is 3.13. The predicted octanol–water partition coefficient (Wildman–Crippen LogP) is 2.85. The Kier molecular flexibility index (Phi) is 3.50. The summed E-state index contributed by atoms with van der Waals surface area (Å²) in [5.41, 5.74) is 2.53. The number of rotatable bonds is 3. The van der Waals surface area contributed by atoms with Crippen LogP contribution in [0.2, 0.25) is 0 Å². The molecule has 2 heterocycles. The molecule has 112 valence electrons. The summed E-state index contributed by atoms with van der Waals surface area (Å²) < 4.78 is 11.8. The smallest absolute Gasteiger partial charge is 0.300 e. The highest BCUT2D eigenvalue weighted by Crippen LogP contribution is 2.22. The van der Waals surface area contributed by atoms with E-state index < -0.39 is 0 Å². The molecular formula is C16H15N3O3. The predicted molar refractivity (Wildman–Crippen MR) is 79.9 cm³/mol. The van der Waals surface area contributed by atoms with Crippen molar-refractivity contribution >= 4 is 5.91 Å². The van der Waals surface area contributed by atoms with Crippen LogP contribution >= 0.6 is 0 Å². The van der Waals surface area contributed by atoms with E-state index in [0.29, 0.717) is 5.89 Å². The number of aromatic nitrogens is 3. The summed E-state index contributed by atoms with van der Waals surface area (Å²) in [6, 6.07) is 9.09. The molecule has 2 aromatic heterocycles. The van der Waals surface area contributed by atoms with E-state index in [1.165, 1.54) is 10.9 Å². The molecular weight excluding hydrogens is 282 g/mol. The van der Waals surface area contributed by atoms with Crippen molar-refractivity contribution in [1.29, 1.82) is 0 Å². The van der Waals surface area contributed by atoms with Crippen LogP contribution in [0.4, 0.5) is 0 Å². The van der Waals surface area contributed by atoms with E-state index in [4.69, 9.17) is 9.15 Å². The maximum atomic E-state index is 12.4. The first-order valence-electron chi connectivity index (χ1n) is 6.76. The maximum Gasteiger partial charge on any atom is 0.300 e. The van der Waals surface area contributed by atoms with Crippen molar-refractivity contribution in [2.75, 3.05) is 7.11 Å². The van der Waals surface area contributed by atoms with Crippen LogP contribution < -0.4 is 4.74 Å². The first-order chi connectivity index (χ1) is 10.6. The first kappa shape index (κ1) is 14.1. The molecule has 0 N–H and O–H groups in total. The molecule has 6 heteroatoms. The minimum Gasteiger partial charge on any atom is -0.497 e. The third-order valence-corrected chi connectivity index (χ3v) is 3.26. The highest BCUT2D eigenvalue weighted by molar-refractivity contribution is 5.94. The van der Waals surface area contributed by atoms with Gasteiger partial charge in [0.2, 0.25) is 5.89 Å². The minimum absolute atomic E-state index is 0.219. The van der Waals surface area contributed by atoms with E-state index >= 15 is 0 Å². The minimum atomic E-state index is -0.311. The average molecular weight is 297 g/mol. The zero-order valence-corrected chi connectivity index (χ0v) is 12.5. The molecule has 3 aromatic rings. The second kappa shape index (κ2) is 5.48. The van der Waals surface area contributed by atoms with Gasteiger partial charge in [-0.2, -0.15) is 9.78 Å². The normalized spacial score (nSPS) is 10.7. The fraction of sp³-hybridized carbons (Fsp3) is 0.188. The number of oxazole rings is 1. The zero-order valence-electron chi connectivity index (χ0n) is 12.5. The van der Waals surface area contributed by atoms with E-state index in [2.05, 4.69) is 10.1 Å². The lowest BCUT2D eigenvalue weighted by molar-refractivity contribution is 0.0937. The van der Waals surface area contributed by atoms with Gasteiger partial charge in [-0.15, -0.1) is 0 Å². The zero-order chi connectivity index (χ0) is 15.7. The highest BCUT2D eigenvalue weighted by atomic mass is 16.5. The van der Waals surface area contributed by atoms with Gasteiger partial charge in [-0.1, -0.05) is 0 Å². The summed E-state index contributed by atoms with van der Waals surface area (Å²) in [5, 5.41) is 4.16. The number of hydrogen-bond donors (Lipinski definition) is 0. The Labute approximate surface area is 127 Å². The molecule has 0 unspecified atom stereocenters. The number of benzene rings is 1. The number of methoxy groups -OCH3 is 1. The van der Waals surface area contributed by atoms with Crippen LogP contribution in [0.3, 0.4) is 0 Å². The summed E-state index contributed by atoms with van der Waals surface area (Å²) in [6.45, 7) is 3.66. The Hall–Kier alpha value is -2.89. The standard InChI is InChI=1S/C16H15N3O3/c1-10-8-11(2)19(18-10)16(20)14-9-22-15(17-14)12-4-6-13(21-3)7-5-12/h4-9H,1-3H3. The molecule has 0 atom stereocenters. The molecule has 0 amide bonds. The van der Waals surface area contributed by atoms with Crippen LogP contribution in [0.1, 0.15) is 21.9 Å². The van der Waals surface area contributed by atoms with Crippen molar-refractivity contribution < 1.29 is 13.9 Å². The van der Waals surface area contributed by atoms with E-state index in [1.807, 2.05) is 44.2 Å². The summed E-state index contributed by atoms with van der Waals surface area (Å²) in [5.74, 6) is 0.816. The van der Waals surface area contributed by atoms with Gasteiger partial charge in [0.25, 0.3) is 5.91 Å². The number of nitrogens with zero attached hydrogens (tertiary/aromatic N) is 3. The van der Waals surface area contributed by atoms with Crippen molar-refractivity contribution in [2.45, 2.75) is 13.8 Å². The molecule has 6 nitrogen and oxygen atoms in total. The molecule has 0 aliphatic rings. The van der Waals surface area contributed by atoms with Crippen molar-refractivity contribution in [3.05, 3.63) is 53.7 Å². The van der Waals surface area contributed by atoms with Crippen molar-refractivity contribution in [3.8, 4) is 17.2 Å². The van der Waals surface area contributed by atoms with Crippen LogP contribution in [0, 0.1) is 13.8 Å². The molecule has 0 aliphatic heterocycles. The van der Waals surface area contributed by atoms with Crippen molar-refractivity contribution in [3.63, 3.8) is 0 Å². The first-order valence-corrected chi connectivity index (χ1v) is 6.76. The third-order valence-electron chi connectivity index (χ3n) is 3.26. The van der Waals surface area contributed by atoms with Crippen LogP contribution in [0.25, 0.3) is 11.5 Å². The fourth-order valence-corrected chi connectivity index (χ4v) is 2.18. The molecule has 0 radical (unpaired) electrons. The van der Waals surface area contributed by atoms with Crippen molar-refractivity contribution in [2.24, 2.45) is 0 Å². The van der Waals surface area contributed by atoms with Gasteiger partial charge in [0.15, 0.2) is 5.69 Å². The summed E-state index contributed by atoms with van der Waals surface area (Å²) >= 11 is 0. The monoisotopic (exact) mass is 297 g/mol. The Morgan fingerprint density at radius 3 is 2.55 bits per heavy atom. The maximum absolute atomic E-state index is 12.4. The van der Waals surface area contributed by atoms with Crippen LogP contribution in [-0.4, -0.2) is 27.8 Å². The summed E-state index contributed by atoms with van der Waals surface area (Å²) in [7, 11) is 1.60. The van der Waals surface area contributed by atoms with E-state index in [9.17, 15) is 4.79 Å². The lowest BCUT2D eigenvalue weighted by Gasteiger charge is -2.00. The summed E-state index contributed by atoms with van der Waals surface area (Å²) in [6.07, 6.45) is 1.35. The van der Waals surface area contributed by atoms with E-state index in [-0.39, 0.29) is 11.6 Å². The SMILES string of the molecule is COc1ccc(-c2nc(C(=O)n3nc(C)cc3C)co2)cc1. The molecule has 0 aliphatic carbocycles. The lowest BCUT2D eigenvalue weighted by atomic mass is 10.2. The molecule has 0 saturated carbocycles. The number of aryl methyl sites for hydroxylation is 2. The van der Waals surface area contributed by atoms with Gasteiger partial charge in [0.05, 0.1) is 12.8 Å². The second-order valence-corrected chi connectivity index (χ2v) is 4.91. The quantitative estimate of drug-likeness (QED) is 0.743. The largest absolute Gasteiger partial charge is 0.497 e. The molecule has 0 fully saturated rings. The number of ether oxygens (including phenoxy) is 1. The second-order valence-electron chi connectivity index (χ2n) is 4.91. The molecule has 0 bridgehead atoms. The molecule has 0 spiro atoms. The van der Waals surface area contributed by atoms with Crippen LogP contribution in [0.15, 0.2) is 41.0 Å². The topological polar surface area (TPSA) is 70.2 Å². The van der Waals surface area contributed by atoms with E-state index in [1.54, 1.807) is 7.11 Å². The lowest BCUT2D eigenvalue weighted by Crippen LogP contribution is -2.15. The van der Waals surface area contributed by atoms with Gasteiger partial charge >= 0.3 is 0 Å². The molecule has 1 aromatic carbocycles. The number of carbonyl (C=O) groups excluding carboxylic acids is 1. The van der Waals surface area contributed by atoms with Crippen molar-refractivity contribution in [1.82, 2.24) is 14.8 Å². The number of carbonyl (C=O) groups is 1. The van der Waals surface area contributed by atoms with Gasteiger partial charge in [0.1, 0.15) is 12.0 Å². The van der Waals surface area contributed by atoms with Gasteiger partial charge in [-0.25, -0.2) is 4.98 Å². The van der Waals surface area contributed by atoms with Gasteiger partial charge < -0.3 is 9.15 Å². The summed E-state index contributed by atoms with van der Waals surface area (Å²) in [4.78, 5) is 16.6. The van der Waals surface area contributed by atoms with Gasteiger partial charge in [0, 0.05) is 11.3 Å². The Balaban J connectivity index is 1.89.